The van der Waals surface area contributed by atoms with Crippen molar-refractivity contribution in [3.8, 4) is 51.0 Å². The highest BCUT2D eigenvalue weighted by atomic mass is 15.2. The smallest absolute Gasteiger partial charge is 0.166 e. The molecule has 0 N–H and O–H groups in total. The molecule has 0 bridgehead atoms. The van der Waals surface area contributed by atoms with Crippen LogP contribution in [-0.2, 0) is 0 Å². The fraction of sp³-hybridized carbons (Fsp3) is 0.0400. The normalized spacial score (nSPS) is 15.7. The van der Waals surface area contributed by atoms with E-state index >= 15 is 0 Å². The van der Waals surface area contributed by atoms with Crippen LogP contribution in [0.2, 0.25) is 0 Å². The molecule has 0 saturated carbocycles. The van der Waals surface area contributed by atoms with Gasteiger partial charge >= 0.3 is 0 Å². The molecule has 0 amide bonds. The number of para-hydroxylation sites is 2. The predicted octanol–water partition coefficient (Wildman–Crippen LogP) is 11.8. The van der Waals surface area contributed by atoms with Gasteiger partial charge in [-0.25, -0.2) is 15.0 Å². The molecule has 264 valence electrons. The lowest BCUT2D eigenvalue weighted by Gasteiger charge is -2.30. The molecule has 0 spiro atoms. The van der Waals surface area contributed by atoms with E-state index in [9.17, 15) is 0 Å². The zero-order valence-corrected chi connectivity index (χ0v) is 30.3. The van der Waals surface area contributed by atoms with E-state index in [-0.39, 0.29) is 12.0 Å². The van der Waals surface area contributed by atoms with E-state index in [1.165, 1.54) is 27.4 Å². The molecule has 3 aromatic heterocycles. The zero-order chi connectivity index (χ0) is 37.0. The molecule has 0 fully saturated rings. The third kappa shape index (κ3) is 5.26. The first-order chi connectivity index (χ1) is 27.8. The van der Waals surface area contributed by atoms with E-state index in [0.717, 1.165) is 44.9 Å². The third-order valence-electron chi connectivity index (χ3n) is 11.1. The summed E-state index contributed by atoms with van der Waals surface area (Å²) >= 11 is 0. The predicted molar refractivity (Wildman–Crippen MR) is 227 cm³/mol. The van der Waals surface area contributed by atoms with E-state index in [2.05, 4.69) is 154 Å². The molecule has 0 radical (unpaired) electrons. The molecular formula is C50H34N6. The number of benzene rings is 6. The van der Waals surface area contributed by atoms with Gasteiger partial charge in [-0.3, -0.25) is 4.98 Å². The average Bonchev–Trinajstić information content (AvgIpc) is 3.79. The second-order valence-electron chi connectivity index (χ2n) is 14.3. The van der Waals surface area contributed by atoms with Crippen LogP contribution in [0.25, 0.3) is 72.8 Å². The summed E-state index contributed by atoms with van der Waals surface area (Å²) in [6, 6.07) is 55.4. The lowest BCUT2D eigenvalue weighted by molar-refractivity contribution is 0.745. The highest BCUT2D eigenvalue weighted by Crippen LogP contribution is 2.51. The Balaban J connectivity index is 1.16. The van der Waals surface area contributed by atoms with Gasteiger partial charge in [0, 0.05) is 62.7 Å². The molecule has 11 rings (SSSR count). The SMILES string of the molecule is C1=CC2c3ccc(-n4c5ccccc5c5ccccc54)cc3N(c3ccc(-c4cccnc4)cc3-c3nc(-c4ccccc4)nc(-c4ccccc4)n3)C2C=C1. The van der Waals surface area contributed by atoms with Crippen molar-refractivity contribution >= 4 is 33.2 Å². The van der Waals surface area contributed by atoms with Gasteiger partial charge in [-0.05, 0) is 53.6 Å². The standard InChI is InChI=1S/C50H34N6/c1-3-14-33(15-4-1)48-52-49(34-16-5-2-6-17-34)54-50(53-48)42-30-35(36-18-13-29-51-32-36)25-28-46(42)56-45-24-12-9-21-40(45)41-27-26-37(31-47(41)56)55-43-22-10-7-19-38(43)39-20-8-11-23-44(39)55/h1-32,40,45H. The van der Waals surface area contributed by atoms with Crippen molar-refractivity contribution in [1.82, 2.24) is 24.5 Å². The van der Waals surface area contributed by atoms with Crippen LogP contribution >= 0.6 is 0 Å². The Hall–Kier alpha value is -7.44. The Labute approximate surface area is 324 Å². The summed E-state index contributed by atoms with van der Waals surface area (Å²) in [6.07, 6.45) is 12.7. The van der Waals surface area contributed by atoms with Crippen LogP contribution in [0.5, 0.6) is 0 Å². The van der Waals surface area contributed by atoms with Gasteiger partial charge in [0.25, 0.3) is 0 Å². The third-order valence-corrected chi connectivity index (χ3v) is 11.1. The highest BCUT2D eigenvalue weighted by molar-refractivity contribution is 6.09. The summed E-state index contributed by atoms with van der Waals surface area (Å²) in [7, 11) is 0. The maximum atomic E-state index is 5.25. The fourth-order valence-electron chi connectivity index (χ4n) is 8.51. The molecule has 6 heteroatoms. The van der Waals surface area contributed by atoms with Crippen molar-refractivity contribution < 1.29 is 0 Å². The van der Waals surface area contributed by atoms with Gasteiger partial charge < -0.3 is 9.47 Å². The van der Waals surface area contributed by atoms with Crippen molar-refractivity contribution in [3.05, 3.63) is 200 Å². The number of aromatic nitrogens is 5. The number of nitrogens with zero attached hydrogens (tertiary/aromatic N) is 6. The van der Waals surface area contributed by atoms with Crippen molar-refractivity contribution in [1.29, 1.82) is 0 Å². The highest BCUT2D eigenvalue weighted by Gasteiger charge is 2.39. The molecule has 6 nitrogen and oxygen atoms in total. The summed E-state index contributed by atoms with van der Waals surface area (Å²) in [4.78, 5) is 22.5. The summed E-state index contributed by atoms with van der Waals surface area (Å²) in [5, 5.41) is 2.48. The molecule has 6 aromatic carbocycles. The molecule has 0 saturated heterocycles. The molecule has 1 aliphatic carbocycles. The number of allylic oxidation sites excluding steroid dienone is 2. The lowest BCUT2D eigenvalue weighted by Crippen LogP contribution is -2.29. The van der Waals surface area contributed by atoms with Crippen LogP contribution in [0, 0.1) is 0 Å². The van der Waals surface area contributed by atoms with Crippen molar-refractivity contribution in [2.75, 3.05) is 4.90 Å². The Morgan fingerprint density at radius 3 is 1.77 bits per heavy atom. The van der Waals surface area contributed by atoms with Gasteiger partial charge in [-0.15, -0.1) is 0 Å². The lowest BCUT2D eigenvalue weighted by atomic mass is 9.91. The van der Waals surface area contributed by atoms with Crippen LogP contribution in [0.1, 0.15) is 11.5 Å². The molecule has 1 aliphatic heterocycles. The maximum Gasteiger partial charge on any atom is 0.166 e. The molecule has 2 aliphatic rings. The topological polar surface area (TPSA) is 59.7 Å². The number of anilines is 2. The van der Waals surface area contributed by atoms with E-state index in [1.807, 2.05) is 54.9 Å². The molecule has 2 atom stereocenters. The number of hydrogen-bond acceptors (Lipinski definition) is 5. The summed E-state index contributed by atoms with van der Waals surface area (Å²) in [5.41, 5.74) is 11.8. The first-order valence-electron chi connectivity index (χ1n) is 19.0. The Kier molecular flexibility index (Phi) is 7.52. The first-order valence-corrected chi connectivity index (χ1v) is 19.0. The quantitative estimate of drug-likeness (QED) is 0.171. The second kappa shape index (κ2) is 13.1. The summed E-state index contributed by atoms with van der Waals surface area (Å²) in [6.45, 7) is 0. The molecular weight excluding hydrogens is 685 g/mol. The molecule has 2 unspecified atom stereocenters. The van der Waals surface area contributed by atoms with Crippen LogP contribution in [0.4, 0.5) is 11.4 Å². The number of hydrogen-bond donors (Lipinski definition) is 0. The summed E-state index contributed by atoms with van der Waals surface area (Å²) < 4.78 is 2.40. The van der Waals surface area contributed by atoms with E-state index in [1.54, 1.807) is 0 Å². The van der Waals surface area contributed by atoms with Crippen LogP contribution in [0.15, 0.2) is 194 Å². The Morgan fingerprint density at radius 1 is 0.464 bits per heavy atom. The van der Waals surface area contributed by atoms with Crippen molar-refractivity contribution in [2.45, 2.75) is 12.0 Å². The minimum absolute atomic E-state index is 0.0513. The fourth-order valence-corrected chi connectivity index (χ4v) is 8.51. The van der Waals surface area contributed by atoms with Crippen LogP contribution in [-0.4, -0.2) is 30.5 Å². The summed E-state index contributed by atoms with van der Waals surface area (Å²) in [5.74, 6) is 2.03. The monoisotopic (exact) mass is 718 g/mol. The van der Waals surface area contributed by atoms with Gasteiger partial charge in [0.1, 0.15) is 0 Å². The number of rotatable bonds is 6. The zero-order valence-electron chi connectivity index (χ0n) is 30.3. The minimum atomic E-state index is 0.0513. The largest absolute Gasteiger partial charge is 0.333 e. The average molecular weight is 719 g/mol. The number of fused-ring (bicyclic) bond motifs is 6. The van der Waals surface area contributed by atoms with Crippen molar-refractivity contribution in [3.63, 3.8) is 0 Å². The Bertz CT molecular complexity index is 2880. The Morgan fingerprint density at radius 2 is 1.09 bits per heavy atom. The van der Waals surface area contributed by atoms with Crippen LogP contribution < -0.4 is 4.90 Å². The molecule has 56 heavy (non-hydrogen) atoms. The number of pyridine rings is 1. The van der Waals surface area contributed by atoms with Gasteiger partial charge in [-0.2, -0.15) is 0 Å². The molecule has 4 heterocycles. The van der Waals surface area contributed by atoms with E-state index in [0.29, 0.717) is 17.5 Å². The van der Waals surface area contributed by atoms with Crippen LogP contribution in [0.3, 0.4) is 0 Å². The van der Waals surface area contributed by atoms with Gasteiger partial charge in [0.2, 0.25) is 0 Å². The van der Waals surface area contributed by atoms with Gasteiger partial charge in [0.15, 0.2) is 17.5 Å². The van der Waals surface area contributed by atoms with E-state index < -0.39 is 0 Å². The minimum Gasteiger partial charge on any atom is -0.333 e. The maximum absolute atomic E-state index is 5.25. The molecule has 9 aromatic rings. The van der Waals surface area contributed by atoms with Gasteiger partial charge in [0.05, 0.1) is 22.8 Å². The first kappa shape index (κ1) is 32.0. The van der Waals surface area contributed by atoms with Gasteiger partial charge in [-0.1, -0.05) is 140 Å². The van der Waals surface area contributed by atoms with E-state index in [4.69, 9.17) is 15.0 Å². The van der Waals surface area contributed by atoms with Crippen molar-refractivity contribution in [2.24, 2.45) is 0 Å². The second-order valence-corrected chi connectivity index (χ2v) is 14.3.